The van der Waals surface area contributed by atoms with E-state index in [1.807, 2.05) is 64.1 Å². The zero-order valence-corrected chi connectivity index (χ0v) is 33.3. The molecule has 288 valence electrons. The van der Waals surface area contributed by atoms with Crippen molar-refractivity contribution < 1.29 is 27.6 Å². The minimum absolute atomic E-state index is 0.0644. The molecule has 3 aromatic carbocycles. The van der Waals surface area contributed by atoms with Crippen molar-refractivity contribution in [3.63, 3.8) is 0 Å². The Bertz CT molecular complexity index is 1840. The van der Waals surface area contributed by atoms with E-state index in [-0.39, 0.29) is 47.0 Å². The SMILES string of the molecule is CC(C)CNC(=O)[C@@H](NC(=O)[C@H](C)NC[C@H](Cc1ccccc1)NC(=O)c1cc(C(=O)N[C@H](C)c2cccc(Cl)c2)cc(N(C)S(C)(=O)=O)c1)C(C)C. The van der Waals surface area contributed by atoms with Crippen molar-refractivity contribution in [1.29, 1.82) is 0 Å². The average molecular weight is 769 g/mol. The highest BCUT2D eigenvalue weighted by atomic mass is 35.5. The maximum absolute atomic E-state index is 13.9. The van der Waals surface area contributed by atoms with Gasteiger partial charge in [0.15, 0.2) is 0 Å². The molecule has 5 N–H and O–H groups in total. The molecule has 12 nitrogen and oxygen atoms in total. The summed E-state index contributed by atoms with van der Waals surface area (Å²) in [4.78, 5) is 53.5. The summed E-state index contributed by atoms with van der Waals surface area (Å²) in [5.74, 6) is -1.57. The molecule has 0 aromatic heterocycles. The van der Waals surface area contributed by atoms with E-state index in [1.165, 1.54) is 25.2 Å². The molecule has 0 unspecified atom stereocenters. The topological polar surface area (TPSA) is 166 Å². The molecule has 0 saturated heterocycles. The fourth-order valence-corrected chi connectivity index (χ4v) is 6.05. The third-order valence-corrected chi connectivity index (χ3v) is 10.1. The lowest BCUT2D eigenvalue weighted by Crippen LogP contribution is -2.55. The van der Waals surface area contributed by atoms with Crippen molar-refractivity contribution in [3.8, 4) is 0 Å². The number of hydrogen-bond donors (Lipinski definition) is 5. The predicted molar refractivity (Wildman–Crippen MR) is 211 cm³/mol. The van der Waals surface area contributed by atoms with Gasteiger partial charge in [-0.3, -0.25) is 23.5 Å². The molecule has 0 heterocycles. The van der Waals surface area contributed by atoms with Gasteiger partial charge < -0.3 is 26.6 Å². The first-order valence-corrected chi connectivity index (χ1v) is 19.9. The quantitative estimate of drug-likeness (QED) is 0.128. The van der Waals surface area contributed by atoms with Crippen LogP contribution < -0.4 is 30.9 Å². The Morgan fingerprint density at radius 2 is 1.38 bits per heavy atom. The molecule has 14 heteroatoms. The summed E-state index contributed by atoms with van der Waals surface area (Å²) in [5, 5.41) is 15.4. The highest BCUT2D eigenvalue weighted by Crippen LogP contribution is 2.23. The summed E-state index contributed by atoms with van der Waals surface area (Å²) >= 11 is 6.15. The van der Waals surface area contributed by atoms with Gasteiger partial charge in [0, 0.05) is 42.3 Å². The Balaban J connectivity index is 1.85. The molecule has 53 heavy (non-hydrogen) atoms. The van der Waals surface area contributed by atoms with Crippen LogP contribution >= 0.6 is 11.6 Å². The average Bonchev–Trinajstić information content (AvgIpc) is 3.10. The molecule has 0 aliphatic carbocycles. The smallest absolute Gasteiger partial charge is 0.251 e. The van der Waals surface area contributed by atoms with Crippen LogP contribution in [0.15, 0.2) is 72.8 Å². The van der Waals surface area contributed by atoms with E-state index in [0.717, 1.165) is 21.7 Å². The first-order chi connectivity index (χ1) is 24.8. The highest BCUT2D eigenvalue weighted by molar-refractivity contribution is 7.92. The Morgan fingerprint density at radius 1 is 0.755 bits per heavy atom. The minimum atomic E-state index is -3.75. The van der Waals surface area contributed by atoms with Gasteiger partial charge in [-0.1, -0.05) is 81.8 Å². The number of carbonyl (C=O) groups is 4. The molecule has 3 aromatic rings. The summed E-state index contributed by atoms with van der Waals surface area (Å²) in [6, 6.07) is 18.4. The molecule has 0 fully saturated rings. The van der Waals surface area contributed by atoms with Crippen LogP contribution in [0.5, 0.6) is 0 Å². The number of benzene rings is 3. The maximum Gasteiger partial charge on any atom is 0.251 e. The number of halogens is 1. The van der Waals surface area contributed by atoms with Gasteiger partial charge in [0.05, 0.1) is 24.0 Å². The molecular formula is C39H53ClN6O6S. The number of hydrogen-bond acceptors (Lipinski definition) is 7. The van der Waals surface area contributed by atoms with Gasteiger partial charge in [0.1, 0.15) is 6.04 Å². The number of rotatable bonds is 18. The molecule has 0 saturated carbocycles. The van der Waals surface area contributed by atoms with Crippen molar-refractivity contribution in [2.24, 2.45) is 11.8 Å². The predicted octanol–water partition coefficient (Wildman–Crippen LogP) is 4.46. The van der Waals surface area contributed by atoms with Crippen LogP contribution in [-0.2, 0) is 26.0 Å². The number of amides is 4. The van der Waals surface area contributed by atoms with Crippen molar-refractivity contribution in [1.82, 2.24) is 26.6 Å². The van der Waals surface area contributed by atoms with Gasteiger partial charge >= 0.3 is 0 Å². The van der Waals surface area contributed by atoms with Crippen molar-refractivity contribution >= 4 is 50.9 Å². The second-order valence-corrected chi connectivity index (χ2v) is 16.6. The van der Waals surface area contributed by atoms with E-state index in [0.29, 0.717) is 18.0 Å². The molecule has 0 spiro atoms. The van der Waals surface area contributed by atoms with Crippen molar-refractivity contribution in [3.05, 3.63) is 100 Å². The van der Waals surface area contributed by atoms with Gasteiger partial charge in [-0.25, -0.2) is 8.42 Å². The van der Waals surface area contributed by atoms with Crippen LogP contribution in [0.3, 0.4) is 0 Å². The number of carbonyl (C=O) groups excluding carboxylic acids is 4. The number of nitrogens with zero attached hydrogens (tertiary/aromatic N) is 1. The van der Waals surface area contributed by atoms with E-state index in [4.69, 9.17) is 11.6 Å². The lowest BCUT2D eigenvalue weighted by molar-refractivity contribution is -0.131. The third kappa shape index (κ3) is 13.5. The van der Waals surface area contributed by atoms with Gasteiger partial charge in [0.25, 0.3) is 11.8 Å². The zero-order chi connectivity index (χ0) is 39.5. The van der Waals surface area contributed by atoms with Crippen LogP contribution in [-0.4, -0.2) is 76.6 Å². The van der Waals surface area contributed by atoms with Crippen molar-refractivity contribution in [2.45, 2.75) is 72.1 Å². The normalized spacial score (nSPS) is 13.8. The van der Waals surface area contributed by atoms with Crippen molar-refractivity contribution in [2.75, 3.05) is 30.7 Å². The van der Waals surface area contributed by atoms with Gasteiger partial charge in [-0.15, -0.1) is 0 Å². The van der Waals surface area contributed by atoms with Crippen LogP contribution in [0.25, 0.3) is 0 Å². The van der Waals surface area contributed by atoms with Gasteiger partial charge in [0.2, 0.25) is 21.8 Å². The highest BCUT2D eigenvalue weighted by Gasteiger charge is 2.27. The molecular weight excluding hydrogens is 716 g/mol. The van der Waals surface area contributed by atoms with Crippen LogP contribution in [0.2, 0.25) is 5.02 Å². The Morgan fingerprint density at radius 3 is 1.94 bits per heavy atom. The van der Waals surface area contributed by atoms with Crippen LogP contribution in [0, 0.1) is 11.8 Å². The molecule has 4 amide bonds. The lowest BCUT2D eigenvalue weighted by Gasteiger charge is -2.26. The largest absolute Gasteiger partial charge is 0.354 e. The van der Waals surface area contributed by atoms with Crippen LogP contribution in [0.4, 0.5) is 5.69 Å². The van der Waals surface area contributed by atoms with E-state index in [9.17, 15) is 27.6 Å². The molecule has 3 rings (SSSR count). The first kappa shape index (κ1) is 42.9. The summed E-state index contributed by atoms with van der Waals surface area (Å²) in [5.41, 5.74) is 1.97. The van der Waals surface area contributed by atoms with Gasteiger partial charge in [-0.05, 0) is 73.6 Å². The van der Waals surface area contributed by atoms with E-state index in [1.54, 1.807) is 32.0 Å². The Hall–Kier alpha value is -4.46. The van der Waals surface area contributed by atoms with E-state index in [2.05, 4.69) is 26.6 Å². The minimum Gasteiger partial charge on any atom is -0.354 e. The molecule has 0 aliphatic rings. The monoisotopic (exact) mass is 768 g/mol. The van der Waals surface area contributed by atoms with E-state index >= 15 is 0 Å². The first-order valence-electron chi connectivity index (χ1n) is 17.7. The number of anilines is 1. The number of sulfonamides is 1. The van der Waals surface area contributed by atoms with E-state index < -0.39 is 46.0 Å². The second kappa shape index (κ2) is 19.6. The molecule has 0 radical (unpaired) electrons. The van der Waals surface area contributed by atoms with Crippen LogP contribution in [0.1, 0.15) is 79.4 Å². The second-order valence-electron chi connectivity index (χ2n) is 14.1. The molecule has 0 aliphatic heterocycles. The number of nitrogens with one attached hydrogen (secondary N) is 5. The third-order valence-electron chi connectivity index (χ3n) is 8.65. The summed E-state index contributed by atoms with van der Waals surface area (Å²) < 4.78 is 26.0. The fraction of sp³-hybridized carbons (Fsp3) is 0.436. The maximum atomic E-state index is 13.9. The molecule has 4 atom stereocenters. The summed E-state index contributed by atoms with van der Waals surface area (Å²) in [7, 11) is -2.40. The summed E-state index contributed by atoms with van der Waals surface area (Å²) in [6.07, 6.45) is 1.43. The lowest BCUT2D eigenvalue weighted by atomic mass is 10.0. The standard InChI is InChI=1S/C39H53ClN6O6S/c1-24(2)22-42-39(50)35(25(3)4)45-36(47)27(6)41-23-33(17-28-13-10-9-11-14-28)44-38(49)31-18-30(20-34(21-31)46(7)53(8,51)52)37(48)43-26(5)29-15-12-16-32(40)19-29/h9-16,18-21,24-27,33,35,41H,17,22-23H2,1-8H3,(H,42,50)(H,43,48)(H,44,49)(H,45,47)/t26-,27+,33+,35+/m1/s1. The van der Waals surface area contributed by atoms with Gasteiger partial charge in [-0.2, -0.15) is 0 Å². The Labute approximate surface area is 318 Å². The molecule has 0 bridgehead atoms. The fourth-order valence-electron chi connectivity index (χ4n) is 5.37. The Kier molecular flexibility index (Phi) is 15.9. The summed E-state index contributed by atoms with van der Waals surface area (Å²) in [6.45, 7) is 11.8. The zero-order valence-electron chi connectivity index (χ0n) is 31.7.